The summed E-state index contributed by atoms with van der Waals surface area (Å²) in [5.74, 6) is 1.96. The highest BCUT2D eigenvalue weighted by Gasteiger charge is 2.35. The molecule has 5 atom stereocenters. The molecule has 4 aromatic rings. The van der Waals surface area contributed by atoms with Crippen LogP contribution in [-0.4, -0.2) is 68.4 Å². The van der Waals surface area contributed by atoms with Gasteiger partial charge in [-0.2, -0.15) is 13.4 Å². The molecule has 1 amide bonds. The van der Waals surface area contributed by atoms with Gasteiger partial charge in [-0.25, -0.2) is 0 Å². The van der Waals surface area contributed by atoms with Gasteiger partial charge in [0.05, 0.1) is 17.7 Å². The molecule has 60 heavy (non-hydrogen) atoms. The van der Waals surface area contributed by atoms with E-state index < -0.39 is 15.1 Å². The molecule has 2 saturated heterocycles. The maximum Gasteiger partial charge on any atom is 0.332 e. The molecule has 0 saturated carbocycles. The van der Waals surface area contributed by atoms with Crippen LogP contribution in [0.15, 0.2) is 88.7 Å². The number of hydrogen-bond donors (Lipinski definition) is 2. The second kappa shape index (κ2) is 23.4. The molecular weight excluding hydrogens is 816 g/mol. The van der Waals surface area contributed by atoms with E-state index >= 15 is 0 Å². The molecule has 9 nitrogen and oxygen atoms in total. The molecule has 5 unspecified atom stereocenters. The average Bonchev–Trinajstić information content (AvgIpc) is 3.60. The summed E-state index contributed by atoms with van der Waals surface area (Å²) in [7, 11) is -0.101. The summed E-state index contributed by atoms with van der Waals surface area (Å²) in [4.78, 5) is 24.2. The van der Waals surface area contributed by atoms with Gasteiger partial charge in [0.1, 0.15) is 5.84 Å². The van der Waals surface area contributed by atoms with Crippen molar-refractivity contribution in [3.8, 4) is 11.3 Å². The van der Waals surface area contributed by atoms with E-state index in [0.717, 1.165) is 113 Å². The fraction of sp³-hybridized carbons (Fsp3) is 0.468. The zero-order valence-corrected chi connectivity index (χ0v) is 39.3. The van der Waals surface area contributed by atoms with Crippen LogP contribution < -0.4 is 15.9 Å². The maximum absolute atomic E-state index is 12.8. The predicted octanol–water partition coefficient (Wildman–Crippen LogP) is 10.5. The first-order chi connectivity index (χ1) is 28.8. The normalized spacial score (nSPS) is 17.6. The largest absolute Gasteiger partial charge is 0.481 e. The third-order valence-corrected chi connectivity index (χ3v) is 13.1. The number of nitrogens with one attached hydrogen (secondary N) is 2. The number of carbonyl (C=O) groups excluding carboxylic acids is 1. The van der Waals surface area contributed by atoms with Crippen molar-refractivity contribution >= 4 is 58.9 Å². The van der Waals surface area contributed by atoms with E-state index in [1.54, 1.807) is 7.11 Å². The van der Waals surface area contributed by atoms with Crippen LogP contribution in [0, 0.1) is 12.8 Å². The SMILES string of the molecule is CC.CCC(C)CCC(CC)NC(=O)c1ccc(S(=O)(=O)F)cc1.CCC/C=C(/N=C(\c1cnc(-c2cccc3cccc(Cl)c23)c(P)c1C)N1CC2CCC(C1)N2)OC. The number of allylic oxidation sites excluding steroid dienone is 1. The fourth-order valence-electron chi connectivity index (χ4n) is 7.47. The predicted molar refractivity (Wildman–Crippen MR) is 251 cm³/mol. The zero-order chi connectivity index (χ0) is 44.0. The van der Waals surface area contributed by atoms with E-state index in [-0.39, 0.29) is 11.9 Å². The number of methoxy groups -OCH3 is 1. The van der Waals surface area contributed by atoms with Crippen molar-refractivity contribution < 1.29 is 21.8 Å². The summed E-state index contributed by atoms with van der Waals surface area (Å²) in [6.07, 6.45) is 12.4. The van der Waals surface area contributed by atoms with Crippen LogP contribution in [0.25, 0.3) is 22.0 Å². The van der Waals surface area contributed by atoms with Crippen LogP contribution in [0.5, 0.6) is 0 Å². The molecular formula is C47H64ClFN5O4PS. The van der Waals surface area contributed by atoms with Crippen molar-refractivity contribution in [2.45, 2.75) is 123 Å². The number of rotatable bonds is 14. The molecule has 2 fully saturated rings. The number of carbonyl (C=O) groups is 1. The number of hydrogen-bond acceptors (Lipinski definition) is 7. The van der Waals surface area contributed by atoms with Gasteiger partial charge in [0.15, 0.2) is 0 Å². The minimum atomic E-state index is -4.73. The lowest BCUT2D eigenvalue weighted by molar-refractivity contribution is 0.0932. The Hall–Kier alpha value is -3.89. The lowest BCUT2D eigenvalue weighted by atomic mass is 9.98. The van der Waals surface area contributed by atoms with Crippen molar-refractivity contribution in [2.75, 3.05) is 20.2 Å². The van der Waals surface area contributed by atoms with Crippen LogP contribution >= 0.6 is 20.8 Å². The number of benzene rings is 3. The Balaban J connectivity index is 0.000000285. The fourth-order valence-corrected chi connectivity index (χ4v) is 8.60. The minimum absolute atomic E-state index is 0.0890. The standard InChI is InChI=1S/C29H34ClN4OP.C16H24FNO3S.C2H6/c1-4-5-12-25(35-3)33-29(34-16-20-13-14-21(17-34)32-20)23-15-31-27(28(36)18(23)2)22-10-6-8-19-9-7-11-24(30)26(19)22;1-4-12(3)6-9-14(5-2)18-16(19)13-7-10-15(11-8-13)22(17,20)21;1-2/h6-12,15,20-21,32H,4-5,13-14,16-17,36H2,1-3H3;7-8,10-12,14H,4-6,9H2,1-3H3,(H,18,19);1-2H3/b25-12-,33-29+;;. The van der Waals surface area contributed by atoms with Gasteiger partial charge in [0.25, 0.3) is 5.91 Å². The van der Waals surface area contributed by atoms with E-state index in [9.17, 15) is 17.1 Å². The molecule has 0 aliphatic carbocycles. The van der Waals surface area contributed by atoms with E-state index in [0.29, 0.717) is 29.4 Å². The quantitative estimate of drug-likeness (QED) is 0.0426. The number of amidine groups is 1. The number of pyridine rings is 1. The zero-order valence-electron chi connectivity index (χ0n) is 36.5. The van der Waals surface area contributed by atoms with Gasteiger partial charge < -0.3 is 20.3 Å². The molecule has 6 rings (SSSR count). The summed E-state index contributed by atoms with van der Waals surface area (Å²) in [5, 5.41) is 10.6. The van der Waals surface area contributed by atoms with Crippen molar-refractivity contribution in [1.82, 2.24) is 20.5 Å². The third-order valence-electron chi connectivity index (χ3n) is 11.2. The number of fused-ring (bicyclic) bond motifs is 3. The maximum atomic E-state index is 12.8. The van der Waals surface area contributed by atoms with Gasteiger partial charge in [0, 0.05) is 64.5 Å². The summed E-state index contributed by atoms with van der Waals surface area (Å²) >= 11 is 6.65. The van der Waals surface area contributed by atoms with Crippen LogP contribution in [0.2, 0.25) is 5.02 Å². The minimum Gasteiger partial charge on any atom is -0.481 e. The Morgan fingerprint density at radius 1 is 1.05 bits per heavy atom. The Morgan fingerprint density at radius 3 is 2.28 bits per heavy atom. The molecule has 13 heteroatoms. The second-order valence-electron chi connectivity index (χ2n) is 15.3. The van der Waals surface area contributed by atoms with E-state index in [4.69, 9.17) is 26.3 Å². The van der Waals surface area contributed by atoms with E-state index in [1.165, 1.54) is 25.0 Å². The number of unbranched alkanes of at least 4 members (excludes halogenated alkanes) is 1. The monoisotopic (exact) mass is 879 g/mol. The number of aromatic nitrogens is 1. The first kappa shape index (κ1) is 48.8. The van der Waals surface area contributed by atoms with Gasteiger partial charge in [-0.05, 0) is 104 Å². The van der Waals surface area contributed by atoms with Crippen molar-refractivity contribution in [3.63, 3.8) is 0 Å². The molecule has 2 aliphatic heterocycles. The lowest BCUT2D eigenvalue weighted by Crippen LogP contribution is -2.53. The molecule has 3 aromatic carbocycles. The number of nitrogens with zero attached hydrogens (tertiary/aromatic N) is 3. The number of amides is 1. The highest BCUT2D eigenvalue weighted by atomic mass is 35.5. The Kier molecular flexibility index (Phi) is 19.0. The lowest BCUT2D eigenvalue weighted by Gasteiger charge is -2.35. The number of ether oxygens (including phenoxy) is 1. The Morgan fingerprint density at radius 2 is 1.70 bits per heavy atom. The average molecular weight is 881 g/mol. The van der Waals surface area contributed by atoms with E-state index in [1.807, 2.05) is 39.1 Å². The third kappa shape index (κ3) is 12.8. The molecule has 0 radical (unpaired) electrons. The van der Waals surface area contributed by atoms with Crippen molar-refractivity contribution in [2.24, 2.45) is 10.9 Å². The summed E-state index contributed by atoms with van der Waals surface area (Å²) < 4.78 is 40.0. The Labute approximate surface area is 365 Å². The summed E-state index contributed by atoms with van der Waals surface area (Å²) in [5.41, 5.74) is 4.47. The molecule has 2 bridgehead atoms. The van der Waals surface area contributed by atoms with Gasteiger partial charge in [-0.1, -0.05) is 96.3 Å². The van der Waals surface area contributed by atoms with Gasteiger partial charge in [-0.3, -0.25) is 9.78 Å². The van der Waals surface area contributed by atoms with Crippen molar-refractivity contribution in [3.05, 3.63) is 101 Å². The summed E-state index contributed by atoms with van der Waals surface area (Å²) in [6, 6.07) is 18.2. The highest BCUT2D eigenvalue weighted by Crippen LogP contribution is 2.34. The highest BCUT2D eigenvalue weighted by molar-refractivity contribution is 7.86. The first-order valence-electron chi connectivity index (χ1n) is 21.4. The number of aliphatic imine (C=N–C) groups is 1. The Bertz CT molecular complexity index is 2200. The topological polar surface area (TPSA) is 113 Å². The van der Waals surface area contributed by atoms with Crippen LogP contribution in [0.1, 0.15) is 114 Å². The molecule has 0 spiro atoms. The first-order valence-corrected chi connectivity index (χ1v) is 23.7. The van der Waals surface area contributed by atoms with Gasteiger partial charge in [0.2, 0.25) is 5.88 Å². The van der Waals surface area contributed by atoms with Crippen LogP contribution in [-0.2, 0) is 15.0 Å². The van der Waals surface area contributed by atoms with Gasteiger partial charge >= 0.3 is 10.2 Å². The molecule has 1 aromatic heterocycles. The number of halogens is 2. The number of piperazine rings is 1. The molecule has 326 valence electrons. The second-order valence-corrected chi connectivity index (χ2v) is 17.7. The molecule has 2 aliphatic rings. The van der Waals surface area contributed by atoms with Gasteiger partial charge in [-0.15, -0.1) is 13.1 Å². The van der Waals surface area contributed by atoms with Crippen molar-refractivity contribution in [1.29, 1.82) is 0 Å². The van der Waals surface area contributed by atoms with Crippen LogP contribution in [0.3, 0.4) is 0 Å². The smallest absolute Gasteiger partial charge is 0.332 e. The van der Waals surface area contributed by atoms with Crippen LogP contribution in [0.4, 0.5) is 3.89 Å². The number of likely N-dealkylation sites (tertiary alicyclic amines) is 1. The molecule has 3 heterocycles. The van der Waals surface area contributed by atoms with E-state index in [2.05, 4.69) is 82.8 Å². The molecule has 2 N–H and O–H groups in total. The summed E-state index contributed by atoms with van der Waals surface area (Å²) in [6.45, 7) is 16.5.